The smallest absolute Gasteiger partial charge is 0.254 e. The molecule has 0 saturated carbocycles. The van der Waals surface area contributed by atoms with Crippen LogP contribution in [0.15, 0.2) is 45.9 Å². The number of rotatable bonds is 4. The van der Waals surface area contributed by atoms with Gasteiger partial charge in [0.1, 0.15) is 11.6 Å². The molecule has 5 heteroatoms. The van der Waals surface area contributed by atoms with Crippen LogP contribution in [-0.4, -0.2) is 12.5 Å². The van der Waals surface area contributed by atoms with Crippen molar-refractivity contribution in [3.63, 3.8) is 0 Å². The third-order valence-corrected chi connectivity index (χ3v) is 2.71. The van der Waals surface area contributed by atoms with Crippen LogP contribution in [-0.2, 0) is 6.42 Å². The Morgan fingerprint density at radius 2 is 2.22 bits per heavy atom. The summed E-state index contributed by atoms with van der Waals surface area (Å²) in [6.45, 7) is 0.391. The van der Waals surface area contributed by atoms with E-state index in [1.165, 1.54) is 18.2 Å². The predicted molar refractivity (Wildman–Crippen MR) is 68.4 cm³/mol. The predicted octanol–water partition coefficient (Wildman–Crippen LogP) is 2.68. The Morgan fingerprint density at radius 3 is 2.94 bits per heavy atom. The maximum absolute atomic E-state index is 13.4. The number of halogens is 1. The van der Waals surface area contributed by atoms with Gasteiger partial charge in [0.25, 0.3) is 5.91 Å². The van der Waals surface area contributed by atoms with Crippen LogP contribution in [0.25, 0.3) is 0 Å². The van der Waals surface area contributed by atoms with E-state index in [9.17, 15) is 9.18 Å². The van der Waals surface area contributed by atoms with Gasteiger partial charge in [-0.3, -0.25) is 4.79 Å². The molecule has 2 aromatic rings. The van der Waals surface area contributed by atoms with E-state index in [2.05, 4.69) is 17.9 Å². The van der Waals surface area contributed by atoms with Crippen LogP contribution in [0.4, 0.5) is 4.39 Å². The van der Waals surface area contributed by atoms with E-state index in [0.717, 1.165) is 5.76 Å². The van der Waals surface area contributed by atoms with Gasteiger partial charge in [0, 0.05) is 17.9 Å². The second kappa shape index (κ2) is 5.73. The maximum atomic E-state index is 13.4. The Labute approximate surface area is 109 Å². The molecule has 1 amide bonds. The zero-order valence-electron chi connectivity index (χ0n) is 9.52. The molecule has 1 heterocycles. The molecule has 0 bridgehead atoms. The summed E-state index contributed by atoms with van der Waals surface area (Å²) >= 11 is 4.07. The first-order chi connectivity index (χ1) is 8.66. The monoisotopic (exact) mass is 265 g/mol. The van der Waals surface area contributed by atoms with Crippen molar-refractivity contribution in [2.45, 2.75) is 11.3 Å². The van der Waals surface area contributed by atoms with Gasteiger partial charge in [-0.15, -0.1) is 12.6 Å². The van der Waals surface area contributed by atoms with Crippen molar-refractivity contribution in [2.75, 3.05) is 6.54 Å². The molecule has 0 aliphatic rings. The second-order valence-electron chi connectivity index (χ2n) is 3.75. The molecule has 1 aromatic heterocycles. The number of hydrogen-bond donors (Lipinski definition) is 2. The summed E-state index contributed by atoms with van der Waals surface area (Å²) in [5.74, 6) is -0.225. The molecule has 0 spiro atoms. The fourth-order valence-corrected chi connectivity index (χ4v) is 1.74. The average molecular weight is 265 g/mol. The summed E-state index contributed by atoms with van der Waals surface area (Å²) in [6, 6.07) is 7.73. The minimum Gasteiger partial charge on any atom is -0.469 e. The standard InChI is InChI=1S/C13H12FNO2S/c14-12-4-3-10(18)8-11(12)13(16)15-6-5-9-2-1-7-17-9/h1-4,7-8,18H,5-6H2,(H,15,16). The van der Waals surface area contributed by atoms with Crippen LogP contribution in [0.1, 0.15) is 16.1 Å². The van der Waals surface area contributed by atoms with Gasteiger partial charge in [-0.05, 0) is 30.3 Å². The number of carbonyl (C=O) groups excluding carboxylic acids is 1. The van der Waals surface area contributed by atoms with E-state index < -0.39 is 11.7 Å². The number of hydrogen-bond acceptors (Lipinski definition) is 3. The maximum Gasteiger partial charge on any atom is 0.254 e. The zero-order chi connectivity index (χ0) is 13.0. The molecule has 94 valence electrons. The van der Waals surface area contributed by atoms with Crippen molar-refractivity contribution < 1.29 is 13.6 Å². The molecule has 0 saturated heterocycles. The van der Waals surface area contributed by atoms with E-state index in [1.807, 2.05) is 6.07 Å². The van der Waals surface area contributed by atoms with E-state index in [-0.39, 0.29) is 5.56 Å². The van der Waals surface area contributed by atoms with Gasteiger partial charge in [-0.25, -0.2) is 4.39 Å². The van der Waals surface area contributed by atoms with Crippen molar-refractivity contribution in [1.29, 1.82) is 0 Å². The molecule has 3 nitrogen and oxygen atoms in total. The quantitative estimate of drug-likeness (QED) is 0.835. The number of thiol groups is 1. The second-order valence-corrected chi connectivity index (χ2v) is 4.27. The molecule has 0 unspecified atom stereocenters. The van der Waals surface area contributed by atoms with Gasteiger partial charge in [-0.2, -0.15) is 0 Å². The molecule has 0 aliphatic heterocycles. The highest BCUT2D eigenvalue weighted by atomic mass is 32.1. The summed E-state index contributed by atoms with van der Waals surface area (Å²) in [5, 5.41) is 2.63. The molecular formula is C13H12FNO2S. The first-order valence-electron chi connectivity index (χ1n) is 5.46. The SMILES string of the molecule is O=C(NCCc1ccco1)c1cc(S)ccc1F. The molecule has 1 N–H and O–H groups in total. The third-order valence-electron chi connectivity index (χ3n) is 2.43. The fourth-order valence-electron chi connectivity index (χ4n) is 1.54. The highest BCUT2D eigenvalue weighted by Gasteiger charge is 2.11. The molecule has 0 aliphatic carbocycles. The van der Waals surface area contributed by atoms with Crippen LogP contribution in [0.2, 0.25) is 0 Å². The topological polar surface area (TPSA) is 42.2 Å². The first kappa shape index (κ1) is 12.7. The Bertz CT molecular complexity index is 540. The number of benzene rings is 1. The molecule has 18 heavy (non-hydrogen) atoms. The number of carbonyl (C=O) groups is 1. The number of nitrogens with one attached hydrogen (secondary N) is 1. The van der Waals surface area contributed by atoms with Gasteiger partial charge < -0.3 is 9.73 Å². The summed E-state index contributed by atoms with van der Waals surface area (Å²) in [5.41, 5.74) is 0.00180. The highest BCUT2D eigenvalue weighted by molar-refractivity contribution is 7.80. The molecule has 1 aromatic carbocycles. The Kier molecular flexibility index (Phi) is 4.04. The van der Waals surface area contributed by atoms with Crippen molar-refractivity contribution in [3.05, 3.63) is 53.7 Å². The van der Waals surface area contributed by atoms with Gasteiger partial charge in [0.15, 0.2) is 0 Å². The van der Waals surface area contributed by atoms with E-state index in [4.69, 9.17) is 4.42 Å². The number of furan rings is 1. The third kappa shape index (κ3) is 3.13. The number of amides is 1. The fraction of sp³-hybridized carbons (Fsp3) is 0.154. The van der Waals surface area contributed by atoms with Crippen molar-refractivity contribution in [3.8, 4) is 0 Å². The lowest BCUT2D eigenvalue weighted by atomic mass is 10.2. The molecular weight excluding hydrogens is 253 g/mol. The van der Waals surface area contributed by atoms with Gasteiger partial charge in [-0.1, -0.05) is 0 Å². The minimum atomic E-state index is -0.553. The Morgan fingerprint density at radius 1 is 1.39 bits per heavy atom. The van der Waals surface area contributed by atoms with Crippen LogP contribution >= 0.6 is 12.6 Å². The lowest BCUT2D eigenvalue weighted by Crippen LogP contribution is -2.26. The van der Waals surface area contributed by atoms with Crippen LogP contribution in [0.3, 0.4) is 0 Å². The molecule has 2 rings (SSSR count). The van der Waals surface area contributed by atoms with Gasteiger partial charge in [0.2, 0.25) is 0 Å². The summed E-state index contributed by atoms with van der Waals surface area (Å²) in [7, 11) is 0. The average Bonchev–Trinajstić information content (AvgIpc) is 2.85. The van der Waals surface area contributed by atoms with E-state index >= 15 is 0 Å². The zero-order valence-corrected chi connectivity index (χ0v) is 10.4. The lowest BCUT2D eigenvalue weighted by Gasteiger charge is -2.05. The van der Waals surface area contributed by atoms with Crippen LogP contribution in [0, 0.1) is 5.82 Å². The summed E-state index contributed by atoms with van der Waals surface area (Å²) in [4.78, 5) is 12.3. The molecule has 0 radical (unpaired) electrons. The Balaban J connectivity index is 1.93. The summed E-state index contributed by atoms with van der Waals surface area (Å²) < 4.78 is 18.5. The van der Waals surface area contributed by atoms with Crippen molar-refractivity contribution in [1.82, 2.24) is 5.32 Å². The minimum absolute atomic E-state index is 0.00180. The largest absolute Gasteiger partial charge is 0.469 e. The van der Waals surface area contributed by atoms with Crippen LogP contribution < -0.4 is 5.32 Å². The Hall–Kier alpha value is -1.75. The first-order valence-corrected chi connectivity index (χ1v) is 5.90. The van der Waals surface area contributed by atoms with Crippen molar-refractivity contribution >= 4 is 18.5 Å². The van der Waals surface area contributed by atoms with E-state index in [0.29, 0.717) is 17.9 Å². The molecule has 0 atom stereocenters. The van der Waals surface area contributed by atoms with Crippen LogP contribution in [0.5, 0.6) is 0 Å². The van der Waals surface area contributed by atoms with Crippen molar-refractivity contribution in [2.24, 2.45) is 0 Å². The van der Waals surface area contributed by atoms with E-state index in [1.54, 1.807) is 12.3 Å². The highest BCUT2D eigenvalue weighted by Crippen LogP contribution is 2.13. The normalized spacial score (nSPS) is 10.3. The lowest BCUT2D eigenvalue weighted by molar-refractivity contribution is 0.0949. The summed E-state index contributed by atoms with van der Waals surface area (Å²) in [6.07, 6.45) is 2.14. The van der Waals surface area contributed by atoms with Gasteiger partial charge >= 0.3 is 0 Å². The van der Waals surface area contributed by atoms with Gasteiger partial charge in [0.05, 0.1) is 11.8 Å². The molecule has 0 fully saturated rings.